The summed E-state index contributed by atoms with van der Waals surface area (Å²) in [7, 11) is -1.55. The van der Waals surface area contributed by atoms with Crippen LogP contribution in [0, 0.1) is 5.92 Å². The number of piperidine rings is 1. The van der Waals surface area contributed by atoms with E-state index in [2.05, 4.69) is 45.8 Å². The number of ether oxygens (including phenoxy) is 1. The average molecular weight is 638 g/mol. The number of aromatic nitrogens is 3. The number of nitrogens with one attached hydrogen (secondary N) is 1. The van der Waals surface area contributed by atoms with E-state index < -0.39 is 22.1 Å². The largest absolute Gasteiger partial charge is 0.378 e. The summed E-state index contributed by atoms with van der Waals surface area (Å²) in [6.45, 7) is 7.80. The average Bonchev–Trinajstić information content (AvgIpc) is 3.51. The van der Waals surface area contributed by atoms with Gasteiger partial charge in [0.05, 0.1) is 24.4 Å². The van der Waals surface area contributed by atoms with Crippen LogP contribution in [0.2, 0.25) is 0 Å². The molecule has 13 heteroatoms. The minimum atomic E-state index is -3.08. The van der Waals surface area contributed by atoms with Gasteiger partial charge in [-0.25, -0.2) is 22.8 Å². The second-order valence-electron chi connectivity index (χ2n) is 12.3. The maximum Gasteiger partial charge on any atom is 0.246 e. The first-order valence-electron chi connectivity index (χ1n) is 15.4. The minimum absolute atomic E-state index is 0.0502. The lowest BCUT2D eigenvalue weighted by Gasteiger charge is -2.48. The van der Waals surface area contributed by atoms with Gasteiger partial charge >= 0.3 is 0 Å². The number of nitrogens with zero attached hydrogens (tertiary/aromatic N) is 6. The zero-order valence-electron chi connectivity index (χ0n) is 25.9. The highest BCUT2D eigenvalue weighted by molar-refractivity contribution is 7.90. The Kier molecular flexibility index (Phi) is 8.66. The summed E-state index contributed by atoms with van der Waals surface area (Å²) in [5.74, 6) is 1.64. The van der Waals surface area contributed by atoms with Crippen molar-refractivity contribution >= 4 is 49.8 Å². The van der Waals surface area contributed by atoms with Crippen LogP contribution in [-0.2, 0) is 19.4 Å². The molecule has 0 saturated carbocycles. The van der Waals surface area contributed by atoms with Gasteiger partial charge in [0.15, 0.2) is 0 Å². The molecule has 3 saturated heterocycles. The standard InChI is InChI=1S/C32H40FN7O4S/c1-5-31(41)39-13-6-7-26(39)22-8-9-27(40-17-21(20(40)2)19-45(4,42)43)24-16-35-30(15-23(22)24)36-29-10-12-34-32(37-29)38-14-11-28(44-3)25(33)18-38/h5,8-10,12,15-16,20-21,25-26,28H,1,6-7,11,13-14,17-19H2,2-4H3,(H,34,35,36,37)/t20-,21-,25+,26?,28-/m1/s1. The fourth-order valence-corrected chi connectivity index (χ4v) is 8.11. The second kappa shape index (κ2) is 12.5. The number of alkyl halides is 1. The molecule has 1 unspecified atom stereocenters. The Morgan fingerprint density at radius 3 is 2.69 bits per heavy atom. The highest BCUT2D eigenvalue weighted by atomic mass is 32.2. The number of halogens is 1. The van der Waals surface area contributed by atoms with Crippen molar-refractivity contribution in [2.24, 2.45) is 5.92 Å². The summed E-state index contributed by atoms with van der Waals surface area (Å²) in [5.41, 5.74) is 2.00. The van der Waals surface area contributed by atoms with Crippen molar-refractivity contribution in [3.8, 4) is 0 Å². The van der Waals surface area contributed by atoms with Crippen molar-refractivity contribution in [1.29, 1.82) is 0 Å². The molecule has 1 N–H and O–H groups in total. The maximum atomic E-state index is 14.6. The molecule has 3 aliphatic rings. The van der Waals surface area contributed by atoms with E-state index in [1.807, 2.05) is 22.1 Å². The van der Waals surface area contributed by atoms with E-state index in [0.717, 1.165) is 34.9 Å². The summed E-state index contributed by atoms with van der Waals surface area (Å²) in [4.78, 5) is 32.4. The van der Waals surface area contributed by atoms with Gasteiger partial charge in [0.2, 0.25) is 11.9 Å². The summed E-state index contributed by atoms with van der Waals surface area (Å²) < 4.78 is 43.8. The minimum Gasteiger partial charge on any atom is -0.378 e. The Morgan fingerprint density at radius 2 is 1.98 bits per heavy atom. The lowest BCUT2D eigenvalue weighted by Crippen LogP contribution is -2.57. The zero-order chi connectivity index (χ0) is 31.9. The second-order valence-corrected chi connectivity index (χ2v) is 14.5. The van der Waals surface area contributed by atoms with E-state index in [1.54, 1.807) is 12.3 Å². The maximum absolute atomic E-state index is 14.6. The Balaban J connectivity index is 1.33. The van der Waals surface area contributed by atoms with E-state index in [-0.39, 0.29) is 36.2 Å². The Hall–Kier alpha value is -3.84. The predicted molar refractivity (Wildman–Crippen MR) is 173 cm³/mol. The molecule has 0 bridgehead atoms. The molecule has 0 spiro atoms. The first-order chi connectivity index (χ1) is 21.6. The van der Waals surface area contributed by atoms with Crippen molar-refractivity contribution in [2.75, 3.05) is 60.4 Å². The number of anilines is 4. The van der Waals surface area contributed by atoms with Crippen molar-refractivity contribution in [2.45, 2.75) is 50.5 Å². The molecule has 1 amide bonds. The number of pyridine rings is 1. The first kappa shape index (κ1) is 31.2. The number of sulfone groups is 1. The van der Waals surface area contributed by atoms with Crippen LogP contribution in [0.5, 0.6) is 0 Å². The topological polar surface area (TPSA) is 121 Å². The molecular weight excluding hydrogens is 597 g/mol. The molecule has 0 aliphatic carbocycles. The molecule has 3 aliphatic heterocycles. The number of carbonyl (C=O) groups is 1. The van der Waals surface area contributed by atoms with Gasteiger partial charge in [-0.2, -0.15) is 4.98 Å². The third-order valence-corrected chi connectivity index (χ3v) is 10.4. The van der Waals surface area contributed by atoms with Crippen LogP contribution in [0.25, 0.3) is 10.8 Å². The van der Waals surface area contributed by atoms with Crippen molar-refractivity contribution in [3.63, 3.8) is 0 Å². The first-order valence-corrected chi connectivity index (χ1v) is 17.4. The molecule has 3 fully saturated rings. The van der Waals surface area contributed by atoms with E-state index in [1.165, 1.54) is 19.4 Å². The molecule has 5 atom stereocenters. The van der Waals surface area contributed by atoms with Gasteiger partial charge in [0.1, 0.15) is 27.6 Å². The van der Waals surface area contributed by atoms with Gasteiger partial charge in [-0.1, -0.05) is 12.6 Å². The zero-order valence-corrected chi connectivity index (χ0v) is 26.7. The van der Waals surface area contributed by atoms with E-state index in [9.17, 15) is 17.6 Å². The van der Waals surface area contributed by atoms with Crippen molar-refractivity contribution in [1.82, 2.24) is 19.9 Å². The van der Waals surface area contributed by atoms with Gasteiger partial charge in [-0.3, -0.25) is 4.79 Å². The summed E-state index contributed by atoms with van der Waals surface area (Å²) in [6, 6.07) is 7.81. The van der Waals surface area contributed by atoms with Crippen LogP contribution in [0.4, 0.5) is 27.7 Å². The lowest BCUT2D eigenvalue weighted by molar-refractivity contribution is -0.126. The van der Waals surface area contributed by atoms with Gasteiger partial charge in [-0.05, 0) is 61.4 Å². The summed E-state index contributed by atoms with van der Waals surface area (Å²) in [5, 5.41) is 5.19. The molecule has 5 heterocycles. The Morgan fingerprint density at radius 1 is 1.16 bits per heavy atom. The molecule has 11 nitrogen and oxygen atoms in total. The van der Waals surface area contributed by atoms with Crippen LogP contribution < -0.4 is 15.1 Å². The summed E-state index contributed by atoms with van der Waals surface area (Å²) >= 11 is 0. The molecule has 2 aromatic heterocycles. The van der Waals surface area contributed by atoms with E-state index in [0.29, 0.717) is 43.6 Å². The molecular formula is C32H40FN7O4S. The Labute approximate surface area is 263 Å². The summed E-state index contributed by atoms with van der Waals surface area (Å²) in [6.07, 6.45) is 6.84. The van der Waals surface area contributed by atoms with Gasteiger partial charge in [-0.15, -0.1) is 0 Å². The van der Waals surface area contributed by atoms with E-state index >= 15 is 0 Å². The van der Waals surface area contributed by atoms with Gasteiger partial charge < -0.3 is 24.8 Å². The smallest absolute Gasteiger partial charge is 0.246 e. The quantitative estimate of drug-likeness (QED) is 0.344. The van der Waals surface area contributed by atoms with Crippen molar-refractivity contribution in [3.05, 3.63) is 54.9 Å². The fourth-order valence-electron chi connectivity index (χ4n) is 6.95. The van der Waals surface area contributed by atoms with Gasteiger partial charge in [0, 0.05) is 68.4 Å². The highest BCUT2D eigenvalue weighted by Gasteiger charge is 2.39. The van der Waals surface area contributed by atoms with Crippen LogP contribution in [0.1, 0.15) is 37.8 Å². The lowest BCUT2D eigenvalue weighted by atomic mass is 9.89. The van der Waals surface area contributed by atoms with Crippen LogP contribution >= 0.6 is 0 Å². The number of benzene rings is 1. The number of hydrogen-bond donors (Lipinski definition) is 1. The van der Waals surface area contributed by atoms with Crippen LogP contribution in [0.15, 0.2) is 49.3 Å². The van der Waals surface area contributed by atoms with E-state index in [4.69, 9.17) is 9.72 Å². The van der Waals surface area contributed by atoms with Gasteiger partial charge in [0.25, 0.3) is 0 Å². The third-order valence-electron chi connectivity index (χ3n) is 9.38. The number of fused-ring (bicyclic) bond motifs is 1. The van der Waals surface area contributed by atoms with Crippen LogP contribution in [-0.4, -0.2) is 97.8 Å². The number of carbonyl (C=O) groups excluding carboxylic acids is 1. The fraction of sp³-hybridized carbons (Fsp3) is 0.500. The SMILES string of the molecule is C=CC(=O)N1CCCC1c1ccc(N2C[C@H](CS(C)(=O)=O)[C@H]2C)c2cnc(Nc3ccnc(N4CC[C@@H](OC)[C@@H](F)C4)n3)cc12. The molecule has 3 aromatic rings. The van der Waals surface area contributed by atoms with Crippen LogP contribution in [0.3, 0.4) is 0 Å². The number of amides is 1. The molecule has 0 radical (unpaired) electrons. The highest BCUT2D eigenvalue weighted by Crippen LogP contribution is 2.42. The number of likely N-dealkylation sites (tertiary alicyclic amines) is 1. The normalized spacial score (nSPS) is 25.3. The predicted octanol–water partition coefficient (Wildman–Crippen LogP) is 4.05. The number of methoxy groups -OCH3 is 1. The third kappa shape index (κ3) is 6.32. The number of hydrogen-bond acceptors (Lipinski definition) is 10. The Bertz CT molecular complexity index is 1710. The number of rotatable bonds is 9. The monoisotopic (exact) mass is 637 g/mol. The molecule has 45 heavy (non-hydrogen) atoms. The molecule has 1 aromatic carbocycles. The molecule has 240 valence electrons. The van der Waals surface area contributed by atoms with Crippen molar-refractivity contribution < 1.29 is 22.3 Å². The molecule has 6 rings (SSSR count).